The number of methoxy groups -OCH3 is 2. The second-order valence-electron chi connectivity index (χ2n) is 6.35. The quantitative estimate of drug-likeness (QED) is 0.841. The summed E-state index contributed by atoms with van der Waals surface area (Å²) in [6, 6.07) is 5.63. The first-order chi connectivity index (χ1) is 12.6. The summed E-state index contributed by atoms with van der Waals surface area (Å²) >= 11 is 0. The van der Waals surface area contributed by atoms with Crippen LogP contribution in [0.25, 0.3) is 11.4 Å². The van der Waals surface area contributed by atoms with Crippen molar-refractivity contribution < 1.29 is 18.8 Å². The van der Waals surface area contributed by atoms with Crippen LogP contribution in [0.5, 0.6) is 11.5 Å². The van der Waals surface area contributed by atoms with Gasteiger partial charge in [-0.2, -0.15) is 4.98 Å². The maximum Gasteiger partial charge on any atom is 0.241 e. The van der Waals surface area contributed by atoms with E-state index in [1.165, 1.54) is 0 Å². The Morgan fingerprint density at radius 1 is 1.38 bits per heavy atom. The van der Waals surface area contributed by atoms with E-state index in [-0.39, 0.29) is 11.9 Å². The highest BCUT2D eigenvalue weighted by Gasteiger charge is 2.23. The zero-order valence-corrected chi connectivity index (χ0v) is 15.3. The number of hydrogen-bond donors (Lipinski definition) is 1. The lowest BCUT2D eigenvalue weighted by molar-refractivity contribution is -0.120. The molecule has 1 aliphatic rings. The average Bonchev–Trinajstić information content (AvgIpc) is 3.09. The van der Waals surface area contributed by atoms with Gasteiger partial charge in [-0.15, -0.1) is 0 Å². The number of aromatic nitrogens is 2. The summed E-state index contributed by atoms with van der Waals surface area (Å²) in [4.78, 5) is 18.0. The molecule has 8 nitrogen and oxygen atoms in total. The predicted octanol–water partition coefficient (Wildman–Crippen LogP) is 1.85. The second-order valence-corrected chi connectivity index (χ2v) is 6.35. The number of carbonyl (C=O) groups excluding carboxylic acids is 1. The van der Waals surface area contributed by atoms with E-state index in [1.807, 2.05) is 12.1 Å². The Bertz CT molecular complexity index is 761. The zero-order valence-electron chi connectivity index (χ0n) is 15.3. The molecule has 0 radical (unpaired) electrons. The molecule has 1 amide bonds. The minimum absolute atomic E-state index is 0.00327. The first-order valence-corrected chi connectivity index (χ1v) is 8.63. The SMILES string of the molecule is COc1ccc(-c2noc(CN3CCCC(NC(C)=O)C3)n2)c(OC)c1. The van der Waals surface area contributed by atoms with Gasteiger partial charge in [0.05, 0.1) is 26.3 Å². The number of likely N-dealkylation sites (tertiary alicyclic amines) is 1. The third kappa shape index (κ3) is 4.32. The summed E-state index contributed by atoms with van der Waals surface area (Å²) in [7, 11) is 3.20. The molecule has 1 aromatic heterocycles. The minimum atomic E-state index is 0.00327. The van der Waals surface area contributed by atoms with Crippen molar-refractivity contribution in [2.75, 3.05) is 27.3 Å². The number of nitrogens with one attached hydrogen (secondary N) is 1. The standard InChI is InChI=1S/C18H24N4O4/c1-12(23)19-13-5-4-8-22(10-13)11-17-20-18(21-26-17)15-7-6-14(24-2)9-16(15)25-3/h6-7,9,13H,4-5,8,10-11H2,1-3H3,(H,19,23). The van der Waals surface area contributed by atoms with Gasteiger partial charge in [0.15, 0.2) is 0 Å². The molecule has 0 spiro atoms. The largest absolute Gasteiger partial charge is 0.497 e. The Labute approximate surface area is 152 Å². The molecule has 1 atom stereocenters. The Hall–Kier alpha value is -2.61. The van der Waals surface area contributed by atoms with Crippen molar-refractivity contribution in [3.8, 4) is 22.9 Å². The van der Waals surface area contributed by atoms with Gasteiger partial charge in [-0.1, -0.05) is 5.16 Å². The van der Waals surface area contributed by atoms with E-state index in [2.05, 4.69) is 20.4 Å². The smallest absolute Gasteiger partial charge is 0.241 e. The summed E-state index contributed by atoms with van der Waals surface area (Å²) in [5, 5.41) is 7.06. The third-order valence-electron chi connectivity index (χ3n) is 4.39. The van der Waals surface area contributed by atoms with Crippen LogP contribution in [-0.2, 0) is 11.3 Å². The molecule has 1 N–H and O–H groups in total. The Balaban J connectivity index is 1.69. The average molecular weight is 360 g/mol. The van der Waals surface area contributed by atoms with Crippen LogP contribution in [-0.4, -0.2) is 54.3 Å². The van der Waals surface area contributed by atoms with Gasteiger partial charge in [-0.3, -0.25) is 9.69 Å². The molecule has 0 saturated carbocycles. The number of rotatable bonds is 6. The molecule has 2 heterocycles. The number of piperidine rings is 1. The number of nitrogens with zero attached hydrogens (tertiary/aromatic N) is 3. The molecule has 1 aromatic carbocycles. The topological polar surface area (TPSA) is 89.7 Å². The molecule has 1 saturated heterocycles. The van der Waals surface area contributed by atoms with Gasteiger partial charge >= 0.3 is 0 Å². The van der Waals surface area contributed by atoms with Crippen LogP contribution < -0.4 is 14.8 Å². The minimum Gasteiger partial charge on any atom is -0.497 e. The van der Waals surface area contributed by atoms with Crippen LogP contribution >= 0.6 is 0 Å². The fraction of sp³-hybridized carbons (Fsp3) is 0.500. The number of carbonyl (C=O) groups is 1. The van der Waals surface area contributed by atoms with Crippen molar-refractivity contribution in [1.82, 2.24) is 20.4 Å². The van der Waals surface area contributed by atoms with Gasteiger partial charge in [-0.05, 0) is 31.5 Å². The van der Waals surface area contributed by atoms with Gasteiger partial charge in [0.25, 0.3) is 0 Å². The molecule has 140 valence electrons. The summed E-state index contributed by atoms with van der Waals surface area (Å²) in [5.74, 6) is 2.35. The van der Waals surface area contributed by atoms with E-state index in [9.17, 15) is 4.79 Å². The monoisotopic (exact) mass is 360 g/mol. The van der Waals surface area contributed by atoms with Crippen molar-refractivity contribution in [1.29, 1.82) is 0 Å². The van der Waals surface area contributed by atoms with Crippen LogP contribution in [0, 0.1) is 0 Å². The van der Waals surface area contributed by atoms with Crippen molar-refractivity contribution in [2.45, 2.75) is 32.4 Å². The van der Waals surface area contributed by atoms with E-state index in [1.54, 1.807) is 27.2 Å². The highest BCUT2D eigenvalue weighted by Crippen LogP contribution is 2.31. The van der Waals surface area contributed by atoms with Gasteiger partial charge in [0.1, 0.15) is 11.5 Å². The molecule has 3 rings (SSSR count). The van der Waals surface area contributed by atoms with Crippen LogP contribution in [0.3, 0.4) is 0 Å². The van der Waals surface area contributed by atoms with Crippen LogP contribution in [0.15, 0.2) is 22.7 Å². The van der Waals surface area contributed by atoms with Crippen molar-refractivity contribution >= 4 is 5.91 Å². The molecule has 1 fully saturated rings. The summed E-state index contributed by atoms with van der Waals surface area (Å²) in [6.45, 7) is 3.83. The second kappa shape index (κ2) is 8.18. The molecule has 26 heavy (non-hydrogen) atoms. The number of amides is 1. The summed E-state index contributed by atoms with van der Waals surface area (Å²) in [5.41, 5.74) is 0.748. The highest BCUT2D eigenvalue weighted by atomic mass is 16.5. The van der Waals surface area contributed by atoms with Crippen LogP contribution in [0.2, 0.25) is 0 Å². The normalized spacial score (nSPS) is 17.7. The highest BCUT2D eigenvalue weighted by molar-refractivity contribution is 5.73. The maximum absolute atomic E-state index is 11.3. The fourth-order valence-corrected chi connectivity index (χ4v) is 3.21. The Morgan fingerprint density at radius 2 is 2.23 bits per heavy atom. The lowest BCUT2D eigenvalue weighted by atomic mass is 10.1. The fourth-order valence-electron chi connectivity index (χ4n) is 3.21. The zero-order chi connectivity index (χ0) is 18.5. The molecular formula is C18H24N4O4. The van der Waals surface area contributed by atoms with Crippen molar-refractivity contribution in [3.63, 3.8) is 0 Å². The molecule has 8 heteroatoms. The van der Waals surface area contributed by atoms with Gasteiger partial charge in [0.2, 0.25) is 17.6 Å². The lowest BCUT2D eigenvalue weighted by Gasteiger charge is -2.31. The molecule has 2 aromatic rings. The number of ether oxygens (including phenoxy) is 2. The molecule has 1 aliphatic heterocycles. The summed E-state index contributed by atoms with van der Waals surface area (Å²) in [6.07, 6.45) is 2.02. The van der Waals surface area contributed by atoms with E-state index in [4.69, 9.17) is 14.0 Å². The predicted molar refractivity (Wildman–Crippen MR) is 95.0 cm³/mol. The Kier molecular flexibility index (Phi) is 5.72. The molecule has 0 bridgehead atoms. The Morgan fingerprint density at radius 3 is 2.96 bits per heavy atom. The lowest BCUT2D eigenvalue weighted by Crippen LogP contribution is -2.46. The van der Waals surface area contributed by atoms with Crippen LogP contribution in [0.4, 0.5) is 0 Å². The molecule has 0 aliphatic carbocycles. The number of hydrogen-bond acceptors (Lipinski definition) is 7. The maximum atomic E-state index is 11.3. The third-order valence-corrected chi connectivity index (χ3v) is 4.39. The van der Waals surface area contributed by atoms with Crippen molar-refractivity contribution in [3.05, 3.63) is 24.1 Å². The van der Waals surface area contributed by atoms with Gasteiger partial charge < -0.3 is 19.3 Å². The van der Waals surface area contributed by atoms with E-state index in [0.717, 1.165) is 31.5 Å². The van der Waals surface area contributed by atoms with E-state index >= 15 is 0 Å². The van der Waals surface area contributed by atoms with Gasteiger partial charge in [0, 0.05) is 25.6 Å². The van der Waals surface area contributed by atoms with Crippen molar-refractivity contribution in [2.24, 2.45) is 0 Å². The molecular weight excluding hydrogens is 336 g/mol. The summed E-state index contributed by atoms with van der Waals surface area (Å²) < 4.78 is 16.0. The number of benzene rings is 1. The first kappa shape index (κ1) is 18.2. The van der Waals surface area contributed by atoms with E-state index < -0.39 is 0 Å². The first-order valence-electron chi connectivity index (χ1n) is 8.63. The molecule has 1 unspecified atom stereocenters. The van der Waals surface area contributed by atoms with Gasteiger partial charge in [-0.25, -0.2) is 0 Å². The van der Waals surface area contributed by atoms with Crippen LogP contribution in [0.1, 0.15) is 25.7 Å². The van der Waals surface area contributed by atoms with E-state index in [0.29, 0.717) is 29.8 Å².